The number of ether oxygens (including phenoxy) is 1. The van der Waals surface area contributed by atoms with Gasteiger partial charge in [-0.3, -0.25) is 4.79 Å². The summed E-state index contributed by atoms with van der Waals surface area (Å²) >= 11 is 0. The second-order valence-corrected chi connectivity index (χ2v) is 5.58. The molecule has 25 heavy (non-hydrogen) atoms. The number of pyridine rings is 1. The van der Waals surface area contributed by atoms with Gasteiger partial charge in [-0.2, -0.15) is 0 Å². The van der Waals surface area contributed by atoms with Gasteiger partial charge in [0.05, 0.1) is 11.6 Å². The van der Waals surface area contributed by atoms with Crippen LogP contribution in [0, 0.1) is 0 Å². The maximum absolute atomic E-state index is 12.5. The zero-order chi connectivity index (χ0) is 18.6. The van der Waals surface area contributed by atoms with Crippen LogP contribution in [0.4, 0.5) is 19.0 Å². The van der Waals surface area contributed by atoms with Crippen LogP contribution in [0.15, 0.2) is 42.6 Å². The number of alkyl halides is 3. The standard InChI is InChI=1S/C17H18F3N3O2/c1-11(12-6-8-13(9-7-12)25-17(18,19)20)22-16(24)14-5-4-10-21-15(14)23(2)3/h4-11H,1-3H3,(H,22,24). The van der Waals surface area contributed by atoms with Gasteiger partial charge < -0.3 is 15.0 Å². The van der Waals surface area contributed by atoms with E-state index in [4.69, 9.17) is 0 Å². The van der Waals surface area contributed by atoms with E-state index in [9.17, 15) is 18.0 Å². The Morgan fingerprint density at radius 3 is 2.40 bits per heavy atom. The van der Waals surface area contributed by atoms with Crippen molar-refractivity contribution >= 4 is 11.7 Å². The molecule has 1 amide bonds. The first-order valence-electron chi connectivity index (χ1n) is 7.46. The van der Waals surface area contributed by atoms with E-state index in [1.165, 1.54) is 24.3 Å². The van der Waals surface area contributed by atoms with Gasteiger partial charge >= 0.3 is 6.36 Å². The fraction of sp³-hybridized carbons (Fsp3) is 0.294. The number of halogens is 3. The second-order valence-electron chi connectivity index (χ2n) is 5.58. The summed E-state index contributed by atoms with van der Waals surface area (Å²) in [6.45, 7) is 1.74. The summed E-state index contributed by atoms with van der Waals surface area (Å²) in [5, 5.41) is 2.81. The first-order chi connectivity index (χ1) is 11.7. The summed E-state index contributed by atoms with van der Waals surface area (Å²) in [7, 11) is 3.56. The summed E-state index contributed by atoms with van der Waals surface area (Å²) < 4.78 is 40.4. The Balaban J connectivity index is 2.09. The van der Waals surface area contributed by atoms with Gasteiger partial charge in [0.1, 0.15) is 11.6 Å². The highest BCUT2D eigenvalue weighted by Gasteiger charge is 2.31. The molecule has 1 aromatic heterocycles. The molecule has 0 aliphatic heterocycles. The summed E-state index contributed by atoms with van der Waals surface area (Å²) in [5.74, 6) is -0.0991. The Bertz CT molecular complexity index is 731. The Hall–Kier alpha value is -2.77. The van der Waals surface area contributed by atoms with Crippen LogP contribution >= 0.6 is 0 Å². The first-order valence-corrected chi connectivity index (χ1v) is 7.46. The molecule has 0 saturated carbocycles. The number of nitrogens with zero attached hydrogens (tertiary/aromatic N) is 2. The van der Waals surface area contributed by atoms with Gasteiger partial charge in [0.15, 0.2) is 0 Å². The molecule has 134 valence electrons. The number of nitrogens with one attached hydrogen (secondary N) is 1. The number of carbonyl (C=O) groups is 1. The third-order valence-electron chi connectivity index (χ3n) is 3.42. The summed E-state index contributed by atoms with van der Waals surface area (Å²) in [4.78, 5) is 18.3. The molecule has 2 rings (SSSR count). The SMILES string of the molecule is CC(NC(=O)c1cccnc1N(C)C)c1ccc(OC(F)(F)F)cc1. The lowest BCUT2D eigenvalue weighted by Crippen LogP contribution is -2.28. The molecule has 0 radical (unpaired) electrons. The van der Waals surface area contributed by atoms with Gasteiger partial charge in [0.2, 0.25) is 0 Å². The van der Waals surface area contributed by atoms with Crippen molar-refractivity contribution in [3.63, 3.8) is 0 Å². The molecule has 0 fully saturated rings. The third kappa shape index (κ3) is 5.10. The number of benzene rings is 1. The lowest BCUT2D eigenvalue weighted by molar-refractivity contribution is -0.274. The largest absolute Gasteiger partial charge is 0.573 e. The topological polar surface area (TPSA) is 54.5 Å². The number of hydrogen-bond donors (Lipinski definition) is 1. The van der Waals surface area contributed by atoms with Gasteiger partial charge in [-0.15, -0.1) is 13.2 Å². The molecule has 0 saturated heterocycles. The van der Waals surface area contributed by atoms with Crippen molar-refractivity contribution in [3.05, 3.63) is 53.7 Å². The highest BCUT2D eigenvalue weighted by atomic mass is 19.4. The van der Waals surface area contributed by atoms with Crippen LogP contribution in [0.25, 0.3) is 0 Å². The van der Waals surface area contributed by atoms with Crippen LogP contribution in [-0.4, -0.2) is 31.3 Å². The van der Waals surface area contributed by atoms with Gasteiger partial charge in [-0.1, -0.05) is 12.1 Å². The van der Waals surface area contributed by atoms with E-state index in [0.717, 1.165) is 0 Å². The maximum atomic E-state index is 12.5. The molecule has 0 aliphatic carbocycles. The molecular weight excluding hydrogens is 335 g/mol. The van der Waals surface area contributed by atoms with Gasteiger partial charge in [0, 0.05) is 20.3 Å². The number of amides is 1. The third-order valence-corrected chi connectivity index (χ3v) is 3.42. The average molecular weight is 353 g/mol. The van der Waals surface area contributed by atoms with Gasteiger partial charge in [-0.25, -0.2) is 4.98 Å². The number of carbonyl (C=O) groups excluding carboxylic acids is 1. The number of anilines is 1. The average Bonchev–Trinajstić information content (AvgIpc) is 2.53. The Kier molecular flexibility index (Phi) is 5.51. The highest BCUT2D eigenvalue weighted by Crippen LogP contribution is 2.24. The maximum Gasteiger partial charge on any atom is 0.573 e. The molecule has 0 bridgehead atoms. The Labute approximate surface area is 143 Å². The number of hydrogen-bond acceptors (Lipinski definition) is 4. The lowest BCUT2D eigenvalue weighted by Gasteiger charge is -2.18. The van der Waals surface area contributed by atoms with E-state index in [1.807, 2.05) is 0 Å². The van der Waals surface area contributed by atoms with Gasteiger partial charge in [-0.05, 0) is 36.8 Å². The molecule has 0 spiro atoms. The molecule has 1 unspecified atom stereocenters. The Morgan fingerprint density at radius 2 is 1.84 bits per heavy atom. The molecule has 1 aromatic carbocycles. The second kappa shape index (κ2) is 7.42. The van der Waals surface area contributed by atoms with Crippen molar-refractivity contribution < 1.29 is 22.7 Å². The fourth-order valence-corrected chi connectivity index (χ4v) is 2.25. The van der Waals surface area contributed by atoms with Crippen molar-refractivity contribution in [1.82, 2.24) is 10.3 Å². The zero-order valence-corrected chi connectivity index (χ0v) is 14.0. The molecule has 8 heteroatoms. The monoisotopic (exact) mass is 353 g/mol. The quantitative estimate of drug-likeness (QED) is 0.893. The zero-order valence-electron chi connectivity index (χ0n) is 14.0. The van der Waals surface area contributed by atoms with Crippen LogP contribution < -0.4 is 15.0 Å². The Morgan fingerprint density at radius 1 is 1.20 bits per heavy atom. The molecule has 1 heterocycles. The van der Waals surface area contributed by atoms with E-state index < -0.39 is 12.4 Å². The van der Waals surface area contributed by atoms with Crippen molar-refractivity contribution in [2.24, 2.45) is 0 Å². The lowest BCUT2D eigenvalue weighted by atomic mass is 10.1. The first kappa shape index (κ1) is 18.6. The van der Waals surface area contributed by atoms with Crippen LogP contribution in [0.3, 0.4) is 0 Å². The van der Waals surface area contributed by atoms with Gasteiger partial charge in [0.25, 0.3) is 5.91 Å². The number of aromatic nitrogens is 1. The summed E-state index contributed by atoms with van der Waals surface area (Å²) in [6, 6.07) is 8.29. The van der Waals surface area contributed by atoms with E-state index in [-0.39, 0.29) is 11.7 Å². The van der Waals surface area contributed by atoms with Crippen LogP contribution in [0.1, 0.15) is 28.9 Å². The predicted molar refractivity (Wildman–Crippen MR) is 87.6 cm³/mol. The molecule has 5 nitrogen and oxygen atoms in total. The number of rotatable bonds is 5. The van der Waals surface area contributed by atoms with Crippen LogP contribution in [0.5, 0.6) is 5.75 Å². The van der Waals surface area contributed by atoms with E-state index in [2.05, 4.69) is 15.0 Å². The van der Waals surface area contributed by atoms with Crippen LogP contribution in [0.2, 0.25) is 0 Å². The summed E-state index contributed by atoms with van der Waals surface area (Å²) in [6.07, 6.45) is -3.14. The smallest absolute Gasteiger partial charge is 0.406 e. The van der Waals surface area contributed by atoms with Crippen molar-refractivity contribution in [1.29, 1.82) is 0 Å². The molecule has 1 atom stereocenters. The van der Waals surface area contributed by atoms with E-state index in [1.54, 1.807) is 44.2 Å². The minimum absolute atomic E-state index is 0.308. The van der Waals surface area contributed by atoms with Crippen LogP contribution in [-0.2, 0) is 0 Å². The van der Waals surface area contributed by atoms with Crippen molar-refractivity contribution in [3.8, 4) is 5.75 Å². The van der Waals surface area contributed by atoms with Crippen molar-refractivity contribution in [2.75, 3.05) is 19.0 Å². The predicted octanol–water partition coefficient (Wildman–Crippen LogP) is 3.54. The molecular formula is C17H18F3N3O2. The van der Waals surface area contributed by atoms with E-state index >= 15 is 0 Å². The van der Waals surface area contributed by atoms with Crippen molar-refractivity contribution in [2.45, 2.75) is 19.3 Å². The molecule has 0 aliphatic rings. The molecule has 1 N–H and O–H groups in total. The summed E-state index contributed by atoms with van der Waals surface area (Å²) in [5.41, 5.74) is 1.06. The normalized spacial score (nSPS) is 12.4. The molecule has 2 aromatic rings. The minimum Gasteiger partial charge on any atom is -0.406 e. The fourth-order valence-electron chi connectivity index (χ4n) is 2.25. The highest BCUT2D eigenvalue weighted by molar-refractivity contribution is 5.99. The van der Waals surface area contributed by atoms with E-state index in [0.29, 0.717) is 16.9 Å². The minimum atomic E-state index is -4.73.